The first kappa shape index (κ1) is 8.15. The van der Waals surface area contributed by atoms with Gasteiger partial charge in [0.25, 0.3) is 0 Å². The molecule has 0 radical (unpaired) electrons. The second kappa shape index (κ2) is 3.44. The van der Waals surface area contributed by atoms with Gasteiger partial charge >= 0.3 is 5.37 Å². The first-order chi connectivity index (χ1) is 4.72. The van der Waals surface area contributed by atoms with Gasteiger partial charge in [0.05, 0.1) is 0 Å². The normalized spacial score (nSPS) is 26.6. The lowest BCUT2D eigenvalue weighted by Gasteiger charge is -2.29. The van der Waals surface area contributed by atoms with Crippen LogP contribution in [0.1, 0.15) is 19.3 Å². The van der Waals surface area contributed by atoms with E-state index in [1.807, 2.05) is 0 Å². The minimum Gasteiger partial charge on any atom is -0.313 e. The lowest BCUT2D eigenvalue weighted by atomic mass is 10.1. The Hall–Kier alpha value is 0.0500. The lowest BCUT2D eigenvalue weighted by Crippen LogP contribution is -2.37. The molecule has 0 aromatic rings. The van der Waals surface area contributed by atoms with Crippen LogP contribution in [-0.4, -0.2) is 22.3 Å². The maximum Gasteiger partial charge on any atom is 0.317 e. The van der Waals surface area contributed by atoms with Crippen molar-refractivity contribution < 1.29 is 4.79 Å². The molecule has 1 unspecified atom stereocenters. The van der Waals surface area contributed by atoms with Gasteiger partial charge in [-0.15, -0.1) is 0 Å². The maximum absolute atomic E-state index is 10.6. The predicted octanol–water partition coefficient (Wildman–Crippen LogP) is 2.40. The van der Waals surface area contributed by atoms with E-state index in [9.17, 15) is 4.79 Å². The summed E-state index contributed by atoms with van der Waals surface area (Å²) >= 11 is 11.1. The van der Waals surface area contributed by atoms with Crippen molar-refractivity contribution in [1.82, 2.24) is 4.90 Å². The van der Waals surface area contributed by atoms with Crippen LogP contribution in [0, 0.1) is 0 Å². The summed E-state index contributed by atoms with van der Waals surface area (Å²) in [5.74, 6) is 0. The van der Waals surface area contributed by atoms with E-state index in [1.165, 1.54) is 4.90 Å². The Morgan fingerprint density at radius 1 is 1.50 bits per heavy atom. The van der Waals surface area contributed by atoms with Crippen LogP contribution in [0.3, 0.4) is 0 Å². The zero-order valence-electron chi connectivity index (χ0n) is 5.52. The van der Waals surface area contributed by atoms with Crippen LogP contribution < -0.4 is 0 Å². The van der Waals surface area contributed by atoms with Crippen molar-refractivity contribution in [3.8, 4) is 0 Å². The molecule has 0 aliphatic carbocycles. The number of carbonyl (C=O) groups is 1. The number of likely N-dealkylation sites (tertiary alicyclic amines) is 1. The molecule has 0 N–H and O–H groups in total. The fraction of sp³-hybridized carbons (Fsp3) is 0.833. The number of nitrogens with zero attached hydrogens (tertiary/aromatic N) is 1. The van der Waals surface area contributed by atoms with E-state index in [4.69, 9.17) is 23.2 Å². The van der Waals surface area contributed by atoms with Gasteiger partial charge in [-0.3, -0.25) is 4.79 Å². The summed E-state index contributed by atoms with van der Waals surface area (Å²) in [5, 5.41) is -0.431. The zero-order valence-corrected chi connectivity index (χ0v) is 7.03. The summed E-state index contributed by atoms with van der Waals surface area (Å²) in [5.41, 5.74) is -0.182. The fourth-order valence-corrected chi connectivity index (χ4v) is 1.68. The number of piperidine rings is 1. The molecule has 0 bridgehead atoms. The van der Waals surface area contributed by atoms with Crippen molar-refractivity contribution in [2.75, 3.05) is 6.54 Å². The third-order valence-electron chi connectivity index (χ3n) is 1.66. The lowest BCUT2D eigenvalue weighted by molar-refractivity contribution is 0.200. The van der Waals surface area contributed by atoms with Crippen LogP contribution in [0.2, 0.25) is 0 Å². The fourth-order valence-electron chi connectivity index (χ4n) is 1.09. The van der Waals surface area contributed by atoms with E-state index in [0.717, 1.165) is 19.3 Å². The molecule has 2 nitrogen and oxygen atoms in total. The monoisotopic (exact) mass is 181 g/mol. The van der Waals surface area contributed by atoms with Gasteiger partial charge in [-0.1, -0.05) is 11.6 Å². The average molecular weight is 182 g/mol. The molecule has 1 saturated heterocycles. The van der Waals surface area contributed by atoms with E-state index in [2.05, 4.69) is 0 Å². The number of hydrogen-bond acceptors (Lipinski definition) is 1. The van der Waals surface area contributed by atoms with Crippen LogP contribution >= 0.6 is 23.2 Å². The Morgan fingerprint density at radius 3 is 2.60 bits per heavy atom. The van der Waals surface area contributed by atoms with Gasteiger partial charge in [0.1, 0.15) is 5.50 Å². The largest absolute Gasteiger partial charge is 0.317 e. The van der Waals surface area contributed by atoms with Crippen molar-refractivity contribution in [2.24, 2.45) is 0 Å². The highest BCUT2D eigenvalue weighted by molar-refractivity contribution is 6.63. The second-order valence-electron chi connectivity index (χ2n) is 2.38. The summed E-state index contributed by atoms with van der Waals surface area (Å²) in [6.45, 7) is 0.705. The summed E-state index contributed by atoms with van der Waals surface area (Å²) in [7, 11) is 0. The number of hydrogen-bond donors (Lipinski definition) is 0. The third kappa shape index (κ3) is 1.77. The molecule has 1 heterocycles. The summed E-state index contributed by atoms with van der Waals surface area (Å²) in [6.07, 6.45) is 2.97. The number of amides is 1. The number of halogens is 2. The summed E-state index contributed by atoms with van der Waals surface area (Å²) in [6, 6.07) is 0. The van der Waals surface area contributed by atoms with E-state index in [1.54, 1.807) is 0 Å². The highest BCUT2D eigenvalue weighted by Crippen LogP contribution is 2.20. The number of rotatable bonds is 0. The van der Waals surface area contributed by atoms with Crippen molar-refractivity contribution >= 4 is 28.6 Å². The number of alkyl halides is 1. The topological polar surface area (TPSA) is 20.3 Å². The molecule has 1 aliphatic heterocycles. The maximum atomic E-state index is 10.6. The Labute approximate surface area is 70.1 Å². The Bertz CT molecular complexity index is 140. The van der Waals surface area contributed by atoms with Gasteiger partial charge < -0.3 is 4.90 Å². The molecule has 1 aliphatic rings. The molecule has 10 heavy (non-hydrogen) atoms. The van der Waals surface area contributed by atoms with E-state index < -0.39 is 5.37 Å². The molecule has 4 heteroatoms. The first-order valence-electron chi connectivity index (χ1n) is 3.32. The highest BCUT2D eigenvalue weighted by Gasteiger charge is 2.22. The smallest absolute Gasteiger partial charge is 0.313 e. The molecule has 1 amide bonds. The molecule has 1 atom stereocenters. The predicted molar refractivity (Wildman–Crippen MR) is 41.4 cm³/mol. The average Bonchev–Trinajstić information content (AvgIpc) is 1.88. The molecule has 0 saturated carbocycles. The third-order valence-corrected chi connectivity index (χ3v) is 2.33. The van der Waals surface area contributed by atoms with E-state index in [-0.39, 0.29) is 5.50 Å². The van der Waals surface area contributed by atoms with Gasteiger partial charge in [-0.05, 0) is 30.9 Å². The van der Waals surface area contributed by atoms with Crippen LogP contribution in [0.25, 0.3) is 0 Å². The molecule has 58 valence electrons. The summed E-state index contributed by atoms with van der Waals surface area (Å²) in [4.78, 5) is 12.1. The molecule has 0 aromatic carbocycles. The molecular weight excluding hydrogens is 173 g/mol. The van der Waals surface area contributed by atoms with E-state index >= 15 is 0 Å². The molecule has 0 aromatic heterocycles. The van der Waals surface area contributed by atoms with Crippen LogP contribution in [-0.2, 0) is 0 Å². The standard InChI is InChI=1S/C6H9Cl2NO/c7-5-3-1-2-4-9(5)6(8)10/h5H,1-4H2. The van der Waals surface area contributed by atoms with E-state index in [0.29, 0.717) is 6.54 Å². The zero-order chi connectivity index (χ0) is 7.56. The number of carbonyl (C=O) groups excluding carboxylic acids is 1. The van der Waals surface area contributed by atoms with Gasteiger partial charge in [-0.2, -0.15) is 0 Å². The van der Waals surface area contributed by atoms with Crippen molar-refractivity contribution in [3.05, 3.63) is 0 Å². The Balaban J connectivity index is 2.47. The Morgan fingerprint density at radius 2 is 2.20 bits per heavy atom. The van der Waals surface area contributed by atoms with Crippen LogP contribution in [0.4, 0.5) is 4.79 Å². The summed E-state index contributed by atoms with van der Waals surface area (Å²) < 4.78 is 0. The van der Waals surface area contributed by atoms with Gasteiger partial charge in [-0.25, -0.2) is 0 Å². The molecule has 1 rings (SSSR count). The molecule has 0 spiro atoms. The molecule has 1 fully saturated rings. The SMILES string of the molecule is O=C(Cl)N1CCCCC1Cl. The van der Waals surface area contributed by atoms with Crippen molar-refractivity contribution in [1.29, 1.82) is 0 Å². The van der Waals surface area contributed by atoms with Crippen molar-refractivity contribution in [3.63, 3.8) is 0 Å². The second-order valence-corrected chi connectivity index (χ2v) is 3.20. The quantitative estimate of drug-likeness (QED) is 0.320. The minimum atomic E-state index is -0.431. The minimum absolute atomic E-state index is 0.182. The van der Waals surface area contributed by atoms with Gasteiger partial charge in [0.15, 0.2) is 0 Å². The van der Waals surface area contributed by atoms with Crippen LogP contribution in [0.15, 0.2) is 0 Å². The van der Waals surface area contributed by atoms with Gasteiger partial charge in [0, 0.05) is 6.54 Å². The highest BCUT2D eigenvalue weighted by atomic mass is 35.5. The van der Waals surface area contributed by atoms with Crippen molar-refractivity contribution in [2.45, 2.75) is 24.8 Å². The molecular formula is C6H9Cl2NO. The first-order valence-corrected chi connectivity index (χ1v) is 4.13. The van der Waals surface area contributed by atoms with Crippen LogP contribution in [0.5, 0.6) is 0 Å². The van der Waals surface area contributed by atoms with Gasteiger partial charge in [0.2, 0.25) is 0 Å². The Kier molecular flexibility index (Phi) is 2.81.